The van der Waals surface area contributed by atoms with E-state index < -0.39 is 0 Å². The maximum atomic E-state index is 12.8. The van der Waals surface area contributed by atoms with Crippen LogP contribution in [0.4, 0.5) is 5.69 Å². The second-order valence-corrected chi connectivity index (χ2v) is 6.32. The largest absolute Gasteiger partial charge is 0.540 e. The van der Waals surface area contributed by atoms with Crippen LogP contribution < -0.4 is 10.3 Å². The zero-order chi connectivity index (χ0) is 16.6. The molecular weight excluding hydrogens is 300 g/mol. The van der Waals surface area contributed by atoms with Crippen molar-refractivity contribution < 1.29 is 4.79 Å². The monoisotopic (exact) mass is 319 g/mol. The Balaban J connectivity index is 1.45. The van der Waals surface area contributed by atoms with E-state index in [-0.39, 0.29) is 17.5 Å². The topological polar surface area (TPSA) is 59.3 Å². The lowest BCUT2D eigenvalue weighted by molar-refractivity contribution is -0.123. The minimum atomic E-state index is -0.376. The third-order valence-corrected chi connectivity index (χ3v) is 4.71. The molecule has 1 N–H and O–H groups in total. The molecule has 1 fully saturated rings. The normalized spacial score (nSPS) is 20.9. The number of hydrogen-bond donors (Lipinski definition) is 1. The van der Waals surface area contributed by atoms with Gasteiger partial charge in [0.15, 0.2) is 0 Å². The van der Waals surface area contributed by atoms with Gasteiger partial charge in [-0.15, -0.1) is 0 Å². The van der Waals surface area contributed by atoms with Gasteiger partial charge in [-0.05, 0) is 55.4 Å². The smallest absolute Gasteiger partial charge is 0.229 e. The van der Waals surface area contributed by atoms with Crippen molar-refractivity contribution in [2.24, 2.45) is 0 Å². The summed E-state index contributed by atoms with van der Waals surface area (Å²) in [5, 5.41) is 4.82. The summed E-state index contributed by atoms with van der Waals surface area (Å²) in [6, 6.07) is 11.9. The van der Waals surface area contributed by atoms with E-state index in [2.05, 4.69) is 34.8 Å². The Labute approximate surface area is 141 Å². The molecule has 1 amide bonds. The summed E-state index contributed by atoms with van der Waals surface area (Å²) in [6.45, 7) is 2.06. The van der Waals surface area contributed by atoms with Crippen molar-refractivity contribution in [1.29, 1.82) is 0 Å². The first-order chi connectivity index (χ1) is 11.7. The van der Waals surface area contributed by atoms with Crippen molar-refractivity contribution in [2.45, 2.75) is 31.3 Å². The van der Waals surface area contributed by atoms with Crippen LogP contribution in [-0.4, -0.2) is 17.1 Å². The minimum Gasteiger partial charge on any atom is -0.540 e. The van der Waals surface area contributed by atoms with Crippen molar-refractivity contribution >= 4 is 11.6 Å². The molecule has 1 unspecified atom stereocenters. The van der Waals surface area contributed by atoms with Gasteiger partial charge in [0.2, 0.25) is 5.91 Å². The predicted molar refractivity (Wildman–Crippen MR) is 93.2 cm³/mol. The van der Waals surface area contributed by atoms with E-state index in [9.17, 15) is 4.79 Å². The molecule has 1 aromatic carbocycles. The second kappa shape index (κ2) is 5.76. The molecule has 1 aromatic heterocycles. The summed E-state index contributed by atoms with van der Waals surface area (Å²) >= 11 is 0. The van der Waals surface area contributed by atoms with E-state index in [4.69, 9.17) is 0 Å². The fraction of sp³-hybridized carbons (Fsp3) is 0.263. The minimum absolute atomic E-state index is 0.0618. The van der Waals surface area contributed by atoms with Crippen molar-refractivity contribution in [3.63, 3.8) is 0 Å². The van der Waals surface area contributed by atoms with Gasteiger partial charge in [0, 0.05) is 18.1 Å². The van der Waals surface area contributed by atoms with E-state index in [1.807, 2.05) is 36.5 Å². The van der Waals surface area contributed by atoms with Gasteiger partial charge in [0.05, 0.1) is 5.41 Å². The fourth-order valence-corrected chi connectivity index (χ4v) is 3.23. The average molecular weight is 319 g/mol. The van der Waals surface area contributed by atoms with Crippen molar-refractivity contribution in [3.8, 4) is 0 Å². The van der Waals surface area contributed by atoms with E-state index in [1.165, 1.54) is 5.56 Å². The molecule has 0 spiro atoms. The third-order valence-electron chi connectivity index (χ3n) is 4.71. The van der Waals surface area contributed by atoms with Crippen LogP contribution in [0.2, 0.25) is 0 Å². The van der Waals surface area contributed by atoms with Gasteiger partial charge in [-0.25, -0.2) is 0 Å². The van der Waals surface area contributed by atoms with Crippen LogP contribution in [-0.2, 0) is 10.2 Å². The highest BCUT2D eigenvalue weighted by atomic mass is 16.2. The van der Waals surface area contributed by atoms with Crippen molar-refractivity contribution in [3.05, 3.63) is 77.6 Å². The molecule has 1 aliphatic carbocycles. The van der Waals surface area contributed by atoms with E-state index in [0.717, 1.165) is 24.1 Å². The number of nitrogens with zero attached hydrogens (tertiary/aromatic N) is 3. The molecule has 5 nitrogen and oxygen atoms in total. The summed E-state index contributed by atoms with van der Waals surface area (Å²) in [5.74, 6) is 0.0618. The number of nitrogens with one attached hydrogen (secondary N) is 1. The molecule has 1 saturated carbocycles. The van der Waals surface area contributed by atoms with E-state index in [1.54, 1.807) is 17.4 Å². The average Bonchev–Trinajstić information content (AvgIpc) is 3.29. The number of amides is 1. The SMILES string of the molecule is Cc1ccccc1C1(C(=O)NC2C=CN(c3ccncc3)[N-]2)CC1. The molecule has 1 aliphatic heterocycles. The van der Waals surface area contributed by atoms with E-state index in [0.29, 0.717) is 0 Å². The fourth-order valence-electron chi connectivity index (χ4n) is 3.23. The standard InChI is InChI=1S/C19H19N4O/c1-14-4-2-3-5-16(14)19(9-10-19)18(24)21-17-8-13-23(22-17)15-6-11-20-12-7-15/h2-8,11-13,17H,9-10H2,1H3,(H,21,24)/q-1. The highest BCUT2D eigenvalue weighted by Gasteiger charge is 2.51. The molecule has 24 heavy (non-hydrogen) atoms. The summed E-state index contributed by atoms with van der Waals surface area (Å²) in [7, 11) is 0. The molecule has 1 atom stereocenters. The van der Waals surface area contributed by atoms with Crippen LogP contribution in [0.5, 0.6) is 0 Å². The summed E-state index contributed by atoms with van der Waals surface area (Å²) in [4.78, 5) is 16.8. The number of hydrogen-bond acceptors (Lipinski definition) is 3. The van der Waals surface area contributed by atoms with Crippen molar-refractivity contribution in [2.75, 3.05) is 5.01 Å². The van der Waals surface area contributed by atoms with E-state index >= 15 is 0 Å². The number of pyridine rings is 1. The first-order valence-electron chi connectivity index (χ1n) is 8.14. The molecule has 2 aliphatic rings. The van der Waals surface area contributed by atoms with Crippen molar-refractivity contribution in [1.82, 2.24) is 10.3 Å². The zero-order valence-electron chi connectivity index (χ0n) is 13.5. The first-order valence-corrected chi connectivity index (χ1v) is 8.14. The van der Waals surface area contributed by atoms with Crippen LogP contribution in [0.25, 0.3) is 5.43 Å². The molecular formula is C19H19N4O-. The molecule has 0 saturated heterocycles. The Morgan fingerprint density at radius 2 is 2.00 bits per heavy atom. The quantitative estimate of drug-likeness (QED) is 0.941. The highest BCUT2D eigenvalue weighted by Crippen LogP contribution is 2.49. The number of rotatable bonds is 4. The first kappa shape index (κ1) is 14.9. The molecule has 5 heteroatoms. The van der Waals surface area contributed by atoms with Gasteiger partial charge in [0.1, 0.15) is 0 Å². The Bertz CT molecular complexity index is 783. The number of benzene rings is 1. The zero-order valence-corrected chi connectivity index (χ0v) is 13.5. The Morgan fingerprint density at radius 3 is 2.71 bits per heavy atom. The number of anilines is 1. The van der Waals surface area contributed by atoms with Gasteiger partial charge in [-0.1, -0.05) is 30.3 Å². The molecule has 0 bridgehead atoms. The number of carbonyl (C=O) groups is 1. The van der Waals surface area contributed by atoms with Crippen LogP contribution in [0.1, 0.15) is 24.0 Å². The van der Waals surface area contributed by atoms with Gasteiger partial charge in [0.25, 0.3) is 0 Å². The number of aromatic nitrogens is 1. The molecule has 2 heterocycles. The predicted octanol–water partition coefficient (Wildman–Crippen LogP) is 3.19. The molecule has 0 radical (unpaired) electrons. The third kappa shape index (κ3) is 2.57. The molecule has 122 valence electrons. The lowest BCUT2D eigenvalue weighted by atomic mass is 9.91. The van der Waals surface area contributed by atoms with Crippen LogP contribution in [0.15, 0.2) is 61.1 Å². The summed E-state index contributed by atoms with van der Waals surface area (Å²) < 4.78 is 0. The number of aryl methyl sites for hydroxylation is 1. The lowest BCUT2D eigenvalue weighted by Gasteiger charge is -2.36. The highest BCUT2D eigenvalue weighted by molar-refractivity contribution is 5.92. The maximum Gasteiger partial charge on any atom is 0.229 e. The van der Waals surface area contributed by atoms with Gasteiger partial charge >= 0.3 is 0 Å². The Hall–Kier alpha value is -2.66. The second-order valence-electron chi connectivity index (χ2n) is 6.32. The summed E-state index contributed by atoms with van der Waals surface area (Å²) in [6.07, 6.45) is 8.68. The van der Waals surface area contributed by atoms with Gasteiger partial charge in [-0.3, -0.25) is 9.78 Å². The van der Waals surface area contributed by atoms with Crippen LogP contribution in [0, 0.1) is 6.92 Å². The summed E-state index contributed by atoms with van der Waals surface area (Å²) in [5.41, 5.74) is 7.37. The number of carbonyl (C=O) groups excluding carboxylic acids is 1. The Kier molecular flexibility index (Phi) is 3.58. The van der Waals surface area contributed by atoms with Gasteiger partial charge < -0.3 is 15.8 Å². The van der Waals surface area contributed by atoms with Crippen LogP contribution in [0.3, 0.4) is 0 Å². The molecule has 2 aromatic rings. The molecule has 4 rings (SSSR count). The Morgan fingerprint density at radius 1 is 1.25 bits per heavy atom. The van der Waals surface area contributed by atoms with Gasteiger partial charge in [-0.2, -0.15) is 0 Å². The van der Waals surface area contributed by atoms with Crippen LogP contribution >= 0.6 is 0 Å². The maximum absolute atomic E-state index is 12.8. The lowest BCUT2D eigenvalue weighted by Crippen LogP contribution is -2.40.